The van der Waals surface area contributed by atoms with Crippen LogP contribution in [0, 0.1) is 11.8 Å². The monoisotopic (exact) mass is 253 g/mol. The zero-order valence-corrected chi connectivity index (χ0v) is 11.6. The van der Waals surface area contributed by atoms with Crippen molar-refractivity contribution in [2.24, 2.45) is 11.8 Å². The first kappa shape index (κ1) is 12.9. The Morgan fingerprint density at radius 2 is 1.89 bits per heavy atom. The standard InChI is InChI=1S/C15H27NO2/c1-12-10-13(2-6-16-12)14-3-7-18-15(11-14)4-8-17-9-5-15/h12-14,16H,2-11H2,1H3. The highest BCUT2D eigenvalue weighted by Gasteiger charge is 2.41. The lowest BCUT2D eigenvalue weighted by atomic mass is 9.72. The molecule has 1 N–H and O–H groups in total. The van der Waals surface area contributed by atoms with Crippen molar-refractivity contribution in [3.63, 3.8) is 0 Å². The molecule has 104 valence electrons. The summed E-state index contributed by atoms with van der Waals surface area (Å²) in [5, 5.41) is 3.57. The van der Waals surface area contributed by atoms with E-state index in [4.69, 9.17) is 9.47 Å². The van der Waals surface area contributed by atoms with Crippen LogP contribution in [0.15, 0.2) is 0 Å². The number of nitrogens with one attached hydrogen (secondary N) is 1. The van der Waals surface area contributed by atoms with Crippen molar-refractivity contribution in [3.05, 3.63) is 0 Å². The predicted molar refractivity (Wildman–Crippen MR) is 71.6 cm³/mol. The molecular formula is C15H27NO2. The number of rotatable bonds is 1. The first-order valence-corrected chi connectivity index (χ1v) is 7.72. The van der Waals surface area contributed by atoms with Gasteiger partial charge in [0.05, 0.1) is 5.60 Å². The minimum absolute atomic E-state index is 0.176. The Bertz CT molecular complexity index is 270. The summed E-state index contributed by atoms with van der Waals surface area (Å²) in [6.45, 7) is 6.31. The van der Waals surface area contributed by atoms with Crippen LogP contribution < -0.4 is 5.32 Å². The van der Waals surface area contributed by atoms with Gasteiger partial charge >= 0.3 is 0 Å². The second-order valence-corrected chi connectivity index (χ2v) is 6.54. The average molecular weight is 253 g/mol. The molecule has 3 unspecified atom stereocenters. The van der Waals surface area contributed by atoms with Gasteiger partial charge in [0, 0.05) is 25.9 Å². The van der Waals surface area contributed by atoms with Crippen LogP contribution in [0.3, 0.4) is 0 Å². The third-order valence-electron chi connectivity index (χ3n) is 5.27. The topological polar surface area (TPSA) is 30.5 Å². The molecule has 3 saturated heterocycles. The maximum Gasteiger partial charge on any atom is 0.0729 e. The molecule has 3 fully saturated rings. The molecule has 0 aromatic carbocycles. The lowest BCUT2D eigenvalue weighted by Crippen LogP contribution is -2.47. The van der Waals surface area contributed by atoms with Crippen molar-refractivity contribution in [3.8, 4) is 0 Å². The van der Waals surface area contributed by atoms with Gasteiger partial charge in [-0.05, 0) is 63.8 Å². The van der Waals surface area contributed by atoms with Gasteiger partial charge in [0.1, 0.15) is 0 Å². The molecular weight excluding hydrogens is 226 g/mol. The molecule has 3 heteroatoms. The van der Waals surface area contributed by atoms with Gasteiger partial charge < -0.3 is 14.8 Å². The average Bonchev–Trinajstić information content (AvgIpc) is 2.40. The minimum atomic E-state index is 0.176. The quantitative estimate of drug-likeness (QED) is 0.778. The summed E-state index contributed by atoms with van der Waals surface area (Å²) in [5.41, 5.74) is 0.176. The van der Waals surface area contributed by atoms with Gasteiger partial charge in [-0.3, -0.25) is 0 Å². The summed E-state index contributed by atoms with van der Waals surface area (Å²) in [4.78, 5) is 0. The summed E-state index contributed by atoms with van der Waals surface area (Å²) < 4.78 is 11.7. The first-order chi connectivity index (χ1) is 8.77. The molecule has 3 aliphatic heterocycles. The Morgan fingerprint density at radius 3 is 2.67 bits per heavy atom. The Balaban J connectivity index is 1.62. The molecule has 0 radical (unpaired) electrons. The third kappa shape index (κ3) is 2.73. The van der Waals surface area contributed by atoms with Crippen molar-refractivity contribution in [2.45, 2.75) is 57.1 Å². The van der Waals surface area contributed by atoms with Crippen LogP contribution in [0.1, 0.15) is 45.4 Å². The highest BCUT2D eigenvalue weighted by Crippen LogP contribution is 2.42. The number of hydrogen-bond donors (Lipinski definition) is 1. The largest absolute Gasteiger partial charge is 0.381 e. The van der Waals surface area contributed by atoms with Crippen LogP contribution in [-0.4, -0.2) is 38.0 Å². The molecule has 1 spiro atoms. The molecule has 3 aliphatic rings. The molecule has 3 heterocycles. The molecule has 3 rings (SSSR count). The van der Waals surface area contributed by atoms with Crippen molar-refractivity contribution in [1.29, 1.82) is 0 Å². The molecule has 0 aromatic rings. The maximum atomic E-state index is 6.16. The summed E-state index contributed by atoms with van der Waals surface area (Å²) in [6, 6.07) is 0.706. The Labute approximate surface area is 111 Å². The fraction of sp³-hybridized carbons (Fsp3) is 1.00. The molecule has 3 atom stereocenters. The summed E-state index contributed by atoms with van der Waals surface area (Å²) >= 11 is 0. The number of ether oxygens (including phenoxy) is 2. The molecule has 3 nitrogen and oxygen atoms in total. The van der Waals surface area contributed by atoms with Crippen molar-refractivity contribution in [1.82, 2.24) is 5.32 Å². The number of piperidine rings is 1. The van der Waals surface area contributed by atoms with E-state index < -0.39 is 0 Å². The smallest absolute Gasteiger partial charge is 0.0729 e. The fourth-order valence-electron chi connectivity index (χ4n) is 4.16. The van der Waals surface area contributed by atoms with Gasteiger partial charge in [0.25, 0.3) is 0 Å². The van der Waals surface area contributed by atoms with E-state index in [0.717, 1.165) is 44.5 Å². The normalized spacial score (nSPS) is 40.8. The van der Waals surface area contributed by atoms with Gasteiger partial charge in [-0.2, -0.15) is 0 Å². The lowest BCUT2D eigenvalue weighted by Gasteiger charge is -2.46. The fourth-order valence-corrected chi connectivity index (χ4v) is 4.16. The lowest BCUT2D eigenvalue weighted by molar-refractivity contribution is -0.154. The summed E-state index contributed by atoms with van der Waals surface area (Å²) in [5.74, 6) is 1.81. The van der Waals surface area contributed by atoms with Crippen LogP contribution in [0.25, 0.3) is 0 Å². The van der Waals surface area contributed by atoms with Gasteiger partial charge in [0.2, 0.25) is 0 Å². The van der Waals surface area contributed by atoms with Crippen molar-refractivity contribution in [2.75, 3.05) is 26.4 Å². The van der Waals surface area contributed by atoms with Gasteiger partial charge in [0.15, 0.2) is 0 Å². The summed E-state index contributed by atoms with van der Waals surface area (Å²) in [7, 11) is 0. The van der Waals surface area contributed by atoms with Crippen LogP contribution in [0.2, 0.25) is 0 Å². The van der Waals surface area contributed by atoms with Gasteiger partial charge in [-0.1, -0.05) is 0 Å². The number of hydrogen-bond acceptors (Lipinski definition) is 3. The van der Waals surface area contributed by atoms with E-state index in [1.54, 1.807) is 0 Å². The van der Waals surface area contributed by atoms with E-state index in [-0.39, 0.29) is 5.60 Å². The molecule has 18 heavy (non-hydrogen) atoms. The van der Waals surface area contributed by atoms with Crippen LogP contribution in [0.4, 0.5) is 0 Å². The Hall–Kier alpha value is -0.120. The maximum absolute atomic E-state index is 6.16. The molecule has 0 amide bonds. The third-order valence-corrected chi connectivity index (χ3v) is 5.27. The van der Waals surface area contributed by atoms with Crippen LogP contribution in [0.5, 0.6) is 0 Å². The second-order valence-electron chi connectivity index (χ2n) is 6.54. The minimum Gasteiger partial charge on any atom is -0.381 e. The van der Waals surface area contributed by atoms with Crippen molar-refractivity contribution < 1.29 is 9.47 Å². The first-order valence-electron chi connectivity index (χ1n) is 7.72. The molecule has 0 saturated carbocycles. The second kappa shape index (κ2) is 5.48. The highest BCUT2D eigenvalue weighted by atomic mass is 16.5. The SMILES string of the molecule is CC1CC(C2CCOC3(CCOCC3)C2)CCN1. The van der Waals surface area contributed by atoms with Gasteiger partial charge in [-0.15, -0.1) is 0 Å². The molecule has 0 aliphatic carbocycles. The summed E-state index contributed by atoms with van der Waals surface area (Å²) in [6.07, 6.45) is 7.51. The molecule has 0 aromatic heterocycles. The van der Waals surface area contributed by atoms with Crippen LogP contribution in [-0.2, 0) is 9.47 Å². The Morgan fingerprint density at radius 1 is 1.06 bits per heavy atom. The zero-order valence-electron chi connectivity index (χ0n) is 11.6. The van der Waals surface area contributed by atoms with Gasteiger partial charge in [-0.25, -0.2) is 0 Å². The van der Waals surface area contributed by atoms with E-state index in [0.29, 0.717) is 6.04 Å². The van der Waals surface area contributed by atoms with Crippen LogP contribution >= 0.6 is 0 Å². The Kier molecular flexibility index (Phi) is 3.92. The molecule has 0 bridgehead atoms. The van der Waals surface area contributed by atoms with E-state index in [2.05, 4.69) is 12.2 Å². The highest BCUT2D eigenvalue weighted by molar-refractivity contribution is 4.92. The van der Waals surface area contributed by atoms with E-state index in [1.165, 1.54) is 32.2 Å². The predicted octanol–water partition coefficient (Wildman–Crippen LogP) is 2.35. The zero-order chi connectivity index (χ0) is 12.4. The van der Waals surface area contributed by atoms with Crippen molar-refractivity contribution >= 4 is 0 Å². The van der Waals surface area contributed by atoms with E-state index in [1.807, 2.05) is 0 Å². The van der Waals surface area contributed by atoms with E-state index in [9.17, 15) is 0 Å². The van der Waals surface area contributed by atoms with E-state index >= 15 is 0 Å².